The fraction of sp³-hybridized carbons (Fsp3) is 0.333. The van der Waals surface area contributed by atoms with E-state index < -0.39 is 0 Å². The Morgan fingerprint density at radius 1 is 1.32 bits per heavy atom. The minimum Gasteiger partial charge on any atom is -0.423 e. The van der Waals surface area contributed by atoms with Crippen molar-refractivity contribution in [3.8, 4) is 17.8 Å². The summed E-state index contributed by atoms with van der Waals surface area (Å²) < 4.78 is 20.5. The number of nitrogens with two attached hydrogens (primary N) is 1. The summed E-state index contributed by atoms with van der Waals surface area (Å²) in [5, 5.41) is 13.6. The summed E-state index contributed by atoms with van der Waals surface area (Å²) in [6, 6.07) is 6.91. The van der Waals surface area contributed by atoms with Gasteiger partial charge >= 0.3 is 6.01 Å². The van der Waals surface area contributed by atoms with Crippen molar-refractivity contribution in [1.82, 2.24) is 19.9 Å². The number of rotatable bonds is 4. The molecular formula is C24H23FN8O. The second-order valence-corrected chi connectivity index (χ2v) is 9.20. The highest BCUT2D eigenvalue weighted by molar-refractivity contribution is 6.14. The lowest BCUT2D eigenvalue weighted by atomic mass is 10.0. The lowest BCUT2D eigenvalue weighted by molar-refractivity contribution is 0.441. The predicted octanol–water partition coefficient (Wildman–Crippen LogP) is 3.59. The third kappa shape index (κ3) is 3.12. The van der Waals surface area contributed by atoms with Crippen LogP contribution < -0.4 is 20.7 Å². The number of hydrogen-bond acceptors (Lipinski definition) is 8. The molecule has 2 fully saturated rings. The van der Waals surface area contributed by atoms with Crippen molar-refractivity contribution in [1.29, 1.82) is 5.26 Å². The number of halogens is 1. The molecule has 0 bridgehead atoms. The van der Waals surface area contributed by atoms with Crippen LogP contribution in [0.2, 0.25) is 0 Å². The molecule has 1 saturated heterocycles. The summed E-state index contributed by atoms with van der Waals surface area (Å²) in [4.78, 5) is 19.0. The molecular weight excluding hydrogens is 435 g/mol. The lowest BCUT2D eigenvalue weighted by Crippen LogP contribution is -2.30. The van der Waals surface area contributed by atoms with Crippen molar-refractivity contribution in [3.05, 3.63) is 41.5 Å². The molecule has 3 aromatic heterocycles. The third-order valence-corrected chi connectivity index (χ3v) is 7.02. The van der Waals surface area contributed by atoms with Crippen LogP contribution in [0, 0.1) is 29.5 Å². The topological polar surface area (TPSA) is 129 Å². The van der Waals surface area contributed by atoms with Crippen molar-refractivity contribution in [2.24, 2.45) is 11.1 Å². The maximum atomic E-state index is 14.5. The zero-order chi connectivity index (χ0) is 23.6. The molecule has 1 aromatic carbocycles. The molecule has 4 aromatic rings. The maximum absolute atomic E-state index is 14.5. The number of benzene rings is 1. The predicted molar refractivity (Wildman–Crippen MR) is 127 cm³/mol. The van der Waals surface area contributed by atoms with Gasteiger partial charge in [0.1, 0.15) is 34.8 Å². The first-order chi connectivity index (χ1) is 16.4. The molecule has 4 N–H and O–H groups in total. The number of aromatic amines is 1. The summed E-state index contributed by atoms with van der Waals surface area (Å²) in [6.45, 7) is 3.24. The molecule has 1 aliphatic heterocycles. The molecule has 1 saturated carbocycles. The number of ether oxygens (including phenoxy) is 1. The minimum atomic E-state index is -0.347. The number of hydrogen-bond donors (Lipinski definition) is 3. The normalized spacial score (nSPS) is 18.6. The maximum Gasteiger partial charge on any atom is 0.326 e. The first-order valence-corrected chi connectivity index (χ1v) is 11.2. The highest BCUT2D eigenvalue weighted by atomic mass is 19.1. The number of pyridine rings is 1. The average molecular weight is 459 g/mol. The Morgan fingerprint density at radius 3 is 2.82 bits per heavy atom. The van der Waals surface area contributed by atoms with Crippen molar-refractivity contribution in [3.63, 3.8) is 0 Å². The van der Waals surface area contributed by atoms with Crippen LogP contribution in [-0.4, -0.2) is 46.1 Å². The average Bonchev–Trinajstić information content (AvgIpc) is 3.40. The number of nitrogens with one attached hydrogen (secondary N) is 2. The van der Waals surface area contributed by atoms with Gasteiger partial charge in [-0.2, -0.15) is 15.2 Å². The van der Waals surface area contributed by atoms with E-state index in [0.29, 0.717) is 46.1 Å². The third-order valence-electron chi connectivity index (χ3n) is 7.02. The summed E-state index contributed by atoms with van der Waals surface area (Å²) in [5.41, 5.74) is 9.55. The Hall–Kier alpha value is -3.97. The molecule has 9 nitrogen and oxygen atoms in total. The molecule has 1 spiro atoms. The number of anilines is 2. The van der Waals surface area contributed by atoms with Crippen molar-refractivity contribution < 1.29 is 9.13 Å². The highest BCUT2D eigenvalue weighted by Crippen LogP contribution is 2.53. The number of H-pyrrole nitrogens is 1. The van der Waals surface area contributed by atoms with Gasteiger partial charge in [-0.1, -0.05) is 0 Å². The monoisotopic (exact) mass is 458 g/mol. The zero-order valence-electron chi connectivity index (χ0n) is 18.8. The van der Waals surface area contributed by atoms with Gasteiger partial charge in [-0.3, -0.25) is 0 Å². The Bertz CT molecular complexity index is 1500. The van der Waals surface area contributed by atoms with Crippen LogP contribution in [0.15, 0.2) is 24.4 Å². The van der Waals surface area contributed by atoms with Crippen molar-refractivity contribution >= 4 is 33.4 Å². The van der Waals surface area contributed by atoms with Crippen molar-refractivity contribution in [2.45, 2.75) is 25.8 Å². The molecule has 1 aliphatic carbocycles. The number of aromatic nitrogens is 4. The standard InChI is InChI=1S/C24H23FN8O/c1-12-5-14(9-29-17(12)8-26)34-23-31-21-19(15-6-13(25)7-16(28-2)20(15)30-21)22(32-23)33-10-18(27)24(11-33)3-4-24/h5-7,9,18,28H,3-4,10-11,27H2,1-2H3,(H,30,31,32)/t18-/m0/s1. The molecule has 6 rings (SSSR count). The minimum absolute atomic E-state index is 0.0575. The molecule has 34 heavy (non-hydrogen) atoms. The van der Waals surface area contributed by atoms with Gasteiger partial charge in [-0.15, -0.1) is 0 Å². The summed E-state index contributed by atoms with van der Waals surface area (Å²) in [7, 11) is 1.75. The van der Waals surface area contributed by atoms with Crippen LogP contribution in [0.4, 0.5) is 15.9 Å². The molecule has 10 heteroatoms. The van der Waals surface area contributed by atoms with Gasteiger partial charge in [0.25, 0.3) is 0 Å². The zero-order valence-corrected chi connectivity index (χ0v) is 18.8. The summed E-state index contributed by atoms with van der Waals surface area (Å²) in [5.74, 6) is 0.744. The van der Waals surface area contributed by atoms with Crippen LogP contribution >= 0.6 is 0 Å². The Balaban J connectivity index is 1.53. The van der Waals surface area contributed by atoms with Crippen LogP contribution in [0.3, 0.4) is 0 Å². The molecule has 2 aliphatic rings. The molecule has 0 radical (unpaired) electrons. The molecule has 0 amide bonds. The SMILES string of the molecule is CNc1cc(F)cc2c1[nH]c1nc(Oc3cnc(C#N)c(C)c3)nc(N3C[C@H](N)C4(CC4)C3)c12. The fourth-order valence-corrected chi connectivity index (χ4v) is 4.97. The van der Waals surface area contributed by atoms with Gasteiger partial charge in [0.2, 0.25) is 0 Å². The quantitative estimate of drug-likeness (QED) is 0.423. The second kappa shape index (κ2) is 7.27. The Labute approximate surface area is 194 Å². The van der Waals surface area contributed by atoms with E-state index >= 15 is 0 Å². The summed E-state index contributed by atoms with van der Waals surface area (Å²) >= 11 is 0. The largest absolute Gasteiger partial charge is 0.423 e. The number of aryl methyl sites for hydroxylation is 1. The number of nitriles is 1. The number of fused-ring (bicyclic) bond motifs is 3. The Kier molecular flexibility index (Phi) is 4.41. The Morgan fingerprint density at radius 2 is 2.15 bits per heavy atom. The van der Waals surface area contributed by atoms with Gasteiger partial charge in [0.05, 0.1) is 22.8 Å². The molecule has 0 unspecified atom stereocenters. The van der Waals surface area contributed by atoms with Gasteiger partial charge in [-0.25, -0.2) is 9.37 Å². The molecule has 172 valence electrons. The first kappa shape index (κ1) is 20.6. The van der Waals surface area contributed by atoms with Gasteiger partial charge in [0.15, 0.2) is 0 Å². The van der Waals surface area contributed by atoms with Crippen LogP contribution in [-0.2, 0) is 0 Å². The van der Waals surface area contributed by atoms with E-state index in [4.69, 9.17) is 20.7 Å². The van der Waals surface area contributed by atoms with Crippen LogP contribution in [0.1, 0.15) is 24.1 Å². The smallest absolute Gasteiger partial charge is 0.326 e. The van der Waals surface area contributed by atoms with E-state index in [9.17, 15) is 4.39 Å². The summed E-state index contributed by atoms with van der Waals surface area (Å²) in [6.07, 6.45) is 3.68. The fourth-order valence-electron chi connectivity index (χ4n) is 4.97. The molecule has 4 heterocycles. The van der Waals surface area contributed by atoms with Gasteiger partial charge < -0.3 is 25.7 Å². The van der Waals surface area contributed by atoms with Crippen molar-refractivity contribution in [2.75, 3.05) is 30.4 Å². The van der Waals surface area contributed by atoms with Crippen LogP contribution in [0.5, 0.6) is 11.8 Å². The van der Waals surface area contributed by atoms with E-state index in [-0.39, 0.29) is 23.3 Å². The van der Waals surface area contributed by atoms with Crippen LogP contribution in [0.25, 0.3) is 21.9 Å². The first-order valence-electron chi connectivity index (χ1n) is 11.2. The van der Waals surface area contributed by atoms with E-state index in [1.807, 2.05) is 6.07 Å². The van der Waals surface area contributed by atoms with E-state index in [2.05, 4.69) is 25.2 Å². The van der Waals surface area contributed by atoms with E-state index in [1.54, 1.807) is 20.0 Å². The molecule has 1 atom stereocenters. The highest BCUT2D eigenvalue weighted by Gasteiger charge is 2.54. The lowest BCUT2D eigenvalue weighted by Gasteiger charge is -2.19. The second-order valence-electron chi connectivity index (χ2n) is 9.20. The van der Waals surface area contributed by atoms with Gasteiger partial charge in [-0.05, 0) is 43.5 Å². The van der Waals surface area contributed by atoms with E-state index in [1.165, 1.54) is 18.3 Å². The van der Waals surface area contributed by atoms with Gasteiger partial charge in [0, 0.05) is 37.0 Å². The number of nitrogens with zero attached hydrogens (tertiary/aromatic N) is 5. The van der Waals surface area contributed by atoms with E-state index in [0.717, 1.165) is 30.3 Å².